The summed E-state index contributed by atoms with van der Waals surface area (Å²) in [6.45, 7) is 4.75. The Bertz CT molecular complexity index is 1150. The van der Waals surface area contributed by atoms with Crippen LogP contribution in [0.25, 0.3) is 10.9 Å². The molecule has 0 radical (unpaired) electrons. The van der Waals surface area contributed by atoms with Crippen LogP contribution in [0.4, 0.5) is 14.5 Å². The Hall–Kier alpha value is -3.36. The predicted molar refractivity (Wildman–Crippen MR) is 132 cm³/mol. The summed E-state index contributed by atoms with van der Waals surface area (Å²) in [5.74, 6) is -4.32. The summed E-state index contributed by atoms with van der Waals surface area (Å²) in [6.07, 6.45) is 1.84. The number of nitrogens with one attached hydrogen (secondary N) is 2. The number of benzene rings is 1. The molecule has 36 heavy (non-hydrogen) atoms. The third kappa shape index (κ3) is 6.06. The second kappa shape index (κ2) is 11.1. The molecule has 2 N–H and O–H groups in total. The number of nitriles is 1. The highest BCUT2D eigenvalue weighted by Gasteiger charge is 2.47. The van der Waals surface area contributed by atoms with Crippen molar-refractivity contribution in [2.45, 2.75) is 24.8 Å². The maximum atomic E-state index is 13.7. The number of alkyl halides is 2. The second-order valence-electron chi connectivity index (χ2n) is 9.34. The summed E-state index contributed by atoms with van der Waals surface area (Å²) < 4.78 is 27.3. The lowest BCUT2D eigenvalue weighted by Crippen LogP contribution is -2.44. The van der Waals surface area contributed by atoms with E-state index >= 15 is 0 Å². The van der Waals surface area contributed by atoms with Crippen LogP contribution in [0, 0.1) is 11.3 Å². The van der Waals surface area contributed by atoms with Gasteiger partial charge in [-0.1, -0.05) is 0 Å². The van der Waals surface area contributed by atoms with E-state index in [0.29, 0.717) is 16.5 Å². The van der Waals surface area contributed by atoms with E-state index in [1.807, 2.05) is 25.2 Å². The average molecular weight is 500 g/mol. The topological polar surface area (TPSA) is 105 Å². The van der Waals surface area contributed by atoms with Crippen LogP contribution >= 0.6 is 0 Å². The molecule has 2 aromatic rings. The van der Waals surface area contributed by atoms with Gasteiger partial charge in [0.1, 0.15) is 6.04 Å². The highest BCUT2D eigenvalue weighted by molar-refractivity contribution is 6.07. The third-order valence-electron chi connectivity index (χ3n) is 6.73. The minimum absolute atomic E-state index is 0.340. The van der Waals surface area contributed by atoms with Crippen LogP contribution in [-0.4, -0.2) is 98.0 Å². The van der Waals surface area contributed by atoms with Gasteiger partial charge in [-0.05, 0) is 37.2 Å². The van der Waals surface area contributed by atoms with E-state index in [0.717, 1.165) is 56.3 Å². The van der Waals surface area contributed by atoms with Gasteiger partial charge in [0.2, 0.25) is 5.91 Å². The van der Waals surface area contributed by atoms with Crippen molar-refractivity contribution in [3.63, 3.8) is 0 Å². The molecule has 1 atom stereocenters. The number of nitrogens with zero attached hydrogens (tertiary/aromatic N) is 5. The first-order valence-corrected chi connectivity index (χ1v) is 12.2. The number of aromatic nitrogens is 1. The van der Waals surface area contributed by atoms with E-state index in [9.17, 15) is 18.4 Å². The summed E-state index contributed by atoms with van der Waals surface area (Å²) in [4.78, 5) is 35.1. The molecule has 2 saturated heterocycles. The Kier molecular flexibility index (Phi) is 7.96. The van der Waals surface area contributed by atoms with Crippen molar-refractivity contribution < 1.29 is 18.4 Å². The van der Waals surface area contributed by atoms with Gasteiger partial charge in [-0.15, -0.1) is 0 Å². The monoisotopic (exact) mass is 499 g/mol. The number of anilines is 1. The van der Waals surface area contributed by atoms with Gasteiger partial charge in [-0.3, -0.25) is 14.6 Å². The predicted octanol–water partition coefficient (Wildman–Crippen LogP) is 1.46. The molecule has 3 heterocycles. The number of rotatable bonds is 8. The number of carbonyl (C=O) groups excluding carboxylic acids is 2. The van der Waals surface area contributed by atoms with Crippen molar-refractivity contribution in [1.82, 2.24) is 25.4 Å². The standard InChI is InChI=1S/C25H31F2N7O2/c1-32(9-2-10-33-11-7-29-8-12-33)18-3-4-22-21(13-18)20(5-6-30-22)24(36)31-16-23(35)34-17-25(26,27)14-19(34)15-28/h3-6,13,19,29H,2,7-12,14,16-17H2,1H3,(H,31,36). The summed E-state index contributed by atoms with van der Waals surface area (Å²) in [5.41, 5.74) is 1.92. The minimum Gasteiger partial charge on any atom is -0.375 e. The molecule has 2 aliphatic heterocycles. The first-order chi connectivity index (χ1) is 17.3. The lowest BCUT2D eigenvalue weighted by Gasteiger charge is -2.28. The highest BCUT2D eigenvalue weighted by atomic mass is 19.3. The van der Waals surface area contributed by atoms with Crippen molar-refractivity contribution in [3.05, 3.63) is 36.0 Å². The first-order valence-electron chi connectivity index (χ1n) is 12.2. The average Bonchev–Trinajstić information content (AvgIpc) is 3.21. The van der Waals surface area contributed by atoms with E-state index in [1.54, 1.807) is 12.1 Å². The van der Waals surface area contributed by atoms with Gasteiger partial charge >= 0.3 is 0 Å². The number of fused-ring (bicyclic) bond motifs is 1. The molecule has 0 aliphatic carbocycles. The van der Waals surface area contributed by atoms with Gasteiger partial charge in [0, 0.05) is 63.5 Å². The van der Waals surface area contributed by atoms with Gasteiger partial charge in [-0.2, -0.15) is 5.26 Å². The Morgan fingerprint density at radius 1 is 1.31 bits per heavy atom. The van der Waals surface area contributed by atoms with Crippen LogP contribution in [0.1, 0.15) is 23.2 Å². The maximum Gasteiger partial charge on any atom is 0.268 e. The molecule has 2 fully saturated rings. The SMILES string of the molecule is CN(CCCN1CCNCC1)c1ccc2nccc(C(=O)NCC(=O)N3CC(F)(F)CC3C#N)c2c1. The van der Waals surface area contributed by atoms with Crippen LogP contribution in [-0.2, 0) is 4.79 Å². The lowest BCUT2D eigenvalue weighted by atomic mass is 10.1. The van der Waals surface area contributed by atoms with Gasteiger partial charge < -0.3 is 25.3 Å². The van der Waals surface area contributed by atoms with Crippen molar-refractivity contribution in [2.24, 2.45) is 0 Å². The number of hydrogen-bond acceptors (Lipinski definition) is 7. The Labute approximate surface area is 209 Å². The van der Waals surface area contributed by atoms with E-state index in [4.69, 9.17) is 5.26 Å². The molecule has 4 rings (SSSR count). The maximum absolute atomic E-state index is 13.7. The number of pyridine rings is 1. The van der Waals surface area contributed by atoms with Crippen LogP contribution < -0.4 is 15.5 Å². The fraction of sp³-hybridized carbons (Fsp3) is 0.520. The van der Waals surface area contributed by atoms with Crippen molar-refractivity contribution in [3.8, 4) is 6.07 Å². The zero-order valence-electron chi connectivity index (χ0n) is 20.3. The number of hydrogen-bond donors (Lipinski definition) is 2. The van der Waals surface area contributed by atoms with Gasteiger partial charge in [0.15, 0.2) is 0 Å². The number of carbonyl (C=O) groups is 2. The molecule has 0 saturated carbocycles. The van der Waals surface area contributed by atoms with Crippen molar-refractivity contribution in [1.29, 1.82) is 5.26 Å². The zero-order chi connectivity index (χ0) is 25.7. The smallest absolute Gasteiger partial charge is 0.268 e. The molecule has 1 aromatic carbocycles. The Balaban J connectivity index is 1.39. The molecule has 1 unspecified atom stereocenters. The summed E-state index contributed by atoms with van der Waals surface area (Å²) >= 11 is 0. The normalized spacial score (nSPS) is 19.7. The fourth-order valence-corrected chi connectivity index (χ4v) is 4.71. The summed E-state index contributed by atoms with van der Waals surface area (Å²) in [7, 11) is 2.01. The molecule has 11 heteroatoms. The van der Waals surface area contributed by atoms with Crippen LogP contribution in [0.15, 0.2) is 30.5 Å². The van der Waals surface area contributed by atoms with Crippen LogP contribution in [0.5, 0.6) is 0 Å². The Morgan fingerprint density at radius 2 is 2.08 bits per heavy atom. The van der Waals surface area contributed by atoms with E-state index in [1.165, 1.54) is 6.20 Å². The van der Waals surface area contributed by atoms with Crippen molar-refractivity contribution in [2.75, 3.05) is 64.3 Å². The van der Waals surface area contributed by atoms with Gasteiger partial charge in [0.25, 0.3) is 11.8 Å². The largest absolute Gasteiger partial charge is 0.375 e. The summed E-state index contributed by atoms with van der Waals surface area (Å²) in [5, 5.41) is 15.6. The third-order valence-corrected chi connectivity index (χ3v) is 6.73. The van der Waals surface area contributed by atoms with Gasteiger partial charge in [0.05, 0.1) is 30.2 Å². The van der Waals surface area contributed by atoms with Crippen LogP contribution in [0.2, 0.25) is 0 Å². The molecular weight excluding hydrogens is 468 g/mol. The zero-order valence-corrected chi connectivity index (χ0v) is 20.3. The molecule has 9 nitrogen and oxygen atoms in total. The number of likely N-dealkylation sites (tertiary alicyclic amines) is 1. The first kappa shape index (κ1) is 25.7. The quantitative estimate of drug-likeness (QED) is 0.567. The molecule has 0 bridgehead atoms. The second-order valence-corrected chi connectivity index (χ2v) is 9.34. The molecule has 0 spiro atoms. The van der Waals surface area contributed by atoms with Crippen molar-refractivity contribution >= 4 is 28.4 Å². The molecule has 2 aliphatic rings. The number of amides is 2. The Morgan fingerprint density at radius 3 is 2.83 bits per heavy atom. The van der Waals surface area contributed by atoms with Crippen LogP contribution in [0.3, 0.4) is 0 Å². The highest BCUT2D eigenvalue weighted by Crippen LogP contribution is 2.31. The molecular formula is C25H31F2N7O2. The van der Waals surface area contributed by atoms with Gasteiger partial charge in [-0.25, -0.2) is 8.78 Å². The van der Waals surface area contributed by atoms with E-state index < -0.39 is 43.3 Å². The fourth-order valence-electron chi connectivity index (χ4n) is 4.71. The molecule has 2 amide bonds. The summed E-state index contributed by atoms with van der Waals surface area (Å²) in [6, 6.07) is 7.82. The lowest BCUT2D eigenvalue weighted by molar-refractivity contribution is -0.131. The minimum atomic E-state index is -3.10. The molecule has 1 aromatic heterocycles. The molecule has 192 valence electrons. The van der Waals surface area contributed by atoms with E-state index in [2.05, 4.69) is 25.4 Å². The van der Waals surface area contributed by atoms with E-state index in [-0.39, 0.29) is 0 Å². The number of piperazine rings is 1. The number of halogens is 2.